The van der Waals surface area contributed by atoms with Crippen molar-refractivity contribution in [1.82, 2.24) is 5.32 Å². The molecular weight excluding hydrogens is 310 g/mol. The summed E-state index contributed by atoms with van der Waals surface area (Å²) >= 11 is 6.12. The fourth-order valence-electron chi connectivity index (χ4n) is 2.62. The van der Waals surface area contributed by atoms with Crippen molar-refractivity contribution in [2.75, 3.05) is 13.1 Å². The first-order chi connectivity index (χ1) is 11.1. The van der Waals surface area contributed by atoms with Crippen LogP contribution in [0.5, 0.6) is 17.2 Å². The highest BCUT2D eigenvalue weighted by Gasteiger charge is 2.18. The molecule has 23 heavy (non-hydrogen) atoms. The molecule has 1 aliphatic heterocycles. The van der Waals surface area contributed by atoms with Gasteiger partial charge in [-0.1, -0.05) is 37.6 Å². The van der Waals surface area contributed by atoms with Crippen LogP contribution in [0.15, 0.2) is 42.5 Å². The minimum Gasteiger partial charge on any atom is -0.485 e. The zero-order chi connectivity index (χ0) is 16.2. The molecule has 3 nitrogen and oxygen atoms in total. The van der Waals surface area contributed by atoms with Crippen LogP contribution in [0, 0.1) is 0 Å². The van der Waals surface area contributed by atoms with Gasteiger partial charge in [-0.2, -0.15) is 0 Å². The average Bonchev–Trinajstić information content (AvgIpc) is 3.03. The van der Waals surface area contributed by atoms with Gasteiger partial charge < -0.3 is 14.8 Å². The van der Waals surface area contributed by atoms with Gasteiger partial charge in [0.2, 0.25) is 0 Å². The van der Waals surface area contributed by atoms with Gasteiger partial charge in [0.25, 0.3) is 0 Å². The van der Waals surface area contributed by atoms with E-state index in [-0.39, 0.29) is 6.10 Å². The van der Waals surface area contributed by atoms with Gasteiger partial charge in [-0.3, -0.25) is 0 Å². The van der Waals surface area contributed by atoms with E-state index >= 15 is 0 Å². The SMILES string of the molecule is CC(C)c1ccc(Oc2cc(Cl)ccc2OC2CCNC2)cc1. The predicted molar refractivity (Wildman–Crippen MR) is 94.0 cm³/mol. The van der Waals surface area contributed by atoms with Crippen LogP contribution >= 0.6 is 11.6 Å². The van der Waals surface area contributed by atoms with E-state index in [1.54, 1.807) is 6.07 Å². The van der Waals surface area contributed by atoms with Gasteiger partial charge in [-0.05, 0) is 48.7 Å². The van der Waals surface area contributed by atoms with Crippen molar-refractivity contribution in [3.05, 3.63) is 53.1 Å². The standard InChI is InChI=1S/C19H22ClNO2/c1-13(2)14-3-6-16(7-4-14)22-19-11-15(20)5-8-18(19)23-17-9-10-21-12-17/h3-8,11,13,17,21H,9-10,12H2,1-2H3. The highest BCUT2D eigenvalue weighted by molar-refractivity contribution is 6.30. The van der Waals surface area contributed by atoms with Crippen LogP contribution in [-0.4, -0.2) is 19.2 Å². The van der Waals surface area contributed by atoms with Crippen molar-refractivity contribution in [2.24, 2.45) is 0 Å². The van der Waals surface area contributed by atoms with Crippen LogP contribution in [0.2, 0.25) is 5.02 Å². The first kappa shape index (κ1) is 16.2. The maximum absolute atomic E-state index is 6.12. The summed E-state index contributed by atoms with van der Waals surface area (Å²) in [6.07, 6.45) is 1.19. The molecule has 0 spiro atoms. The Morgan fingerprint density at radius 1 is 1.09 bits per heavy atom. The van der Waals surface area contributed by atoms with Crippen molar-refractivity contribution in [2.45, 2.75) is 32.3 Å². The van der Waals surface area contributed by atoms with E-state index in [0.717, 1.165) is 31.0 Å². The third kappa shape index (κ3) is 4.18. The molecular formula is C19H22ClNO2. The van der Waals surface area contributed by atoms with Crippen molar-refractivity contribution in [1.29, 1.82) is 0 Å². The Morgan fingerprint density at radius 2 is 1.87 bits per heavy atom. The highest BCUT2D eigenvalue weighted by Crippen LogP contribution is 2.35. The van der Waals surface area contributed by atoms with Crippen LogP contribution in [0.3, 0.4) is 0 Å². The quantitative estimate of drug-likeness (QED) is 0.836. The molecule has 1 N–H and O–H groups in total. The number of hydrogen-bond donors (Lipinski definition) is 1. The monoisotopic (exact) mass is 331 g/mol. The Hall–Kier alpha value is -1.71. The van der Waals surface area contributed by atoms with Crippen molar-refractivity contribution in [3.63, 3.8) is 0 Å². The molecule has 1 unspecified atom stereocenters. The van der Waals surface area contributed by atoms with Gasteiger partial charge in [0.15, 0.2) is 11.5 Å². The number of ether oxygens (including phenoxy) is 2. The van der Waals surface area contributed by atoms with E-state index in [0.29, 0.717) is 16.7 Å². The maximum atomic E-state index is 6.12. The maximum Gasteiger partial charge on any atom is 0.170 e. The van der Waals surface area contributed by atoms with E-state index in [2.05, 4.69) is 31.3 Å². The lowest BCUT2D eigenvalue weighted by atomic mass is 10.0. The van der Waals surface area contributed by atoms with E-state index < -0.39 is 0 Å². The number of nitrogens with one attached hydrogen (secondary N) is 1. The highest BCUT2D eigenvalue weighted by atomic mass is 35.5. The number of hydrogen-bond acceptors (Lipinski definition) is 3. The Labute approximate surface area is 142 Å². The lowest BCUT2D eigenvalue weighted by Gasteiger charge is -2.17. The molecule has 122 valence electrons. The van der Waals surface area contributed by atoms with Gasteiger partial charge in [-0.25, -0.2) is 0 Å². The largest absolute Gasteiger partial charge is 0.485 e. The zero-order valence-electron chi connectivity index (χ0n) is 13.5. The van der Waals surface area contributed by atoms with Gasteiger partial charge in [0.05, 0.1) is 0 Å². The summed E-state index contributed by atoms with van der Waals surface area (Å²) in [5.41, 5.74) is 1.29. The van der Waals surface area contributed by atoms with Gasteiger partial charge in [-0.15, -0.1) is 0 Å². The predicted octanol–water partition coefficient (Wildman–Crippen LogP) is 5.00. The summed E-state index contributed by atoms with van der Waals surface area (Å²) in [6.45, 7) is 6.21. The topological polar surface area (TPSA) is 30.5 Å². The molecule has 2 aromatic rings. The molecule has 0 aliphatic carbocycles. The Kier molecular flexibility index (Phi) is 5.09. The summed E-state index contributed by atoms with van der Waals surface area (Å²) in [5.74, 6) is 2.67. The normalized spacial score (nSPS) is 17.5. The van der Waals surface area contributed by atoms with Crippen LogP contribution < -0.4 is 14.8 Å². The smallest absolute Gasteiger partial charge is 0.170 e. The fraction of sp³-hybridized carbons (Fsp3) is 0.368. The molecule has 0 radical (unpaired) electrons. The van der Waals surface area contributed by atoms with Crippen LogP contribution in [-0.2, 0) is 0 Å². The molecule has 0 saturated carbocycles. The first-order valence-electron chi connectivity index (χ1n) is 8.06. The summed E-state index contributed by atoms with van der Waals surface area (Å²) in [4.78, 5) is 0. The number of benzene rings is 2. The van der Waals surface area contributed by atoms with Crippen LogP contribution in [0.4, 0.5) is 0 Å². The summed E-state index contributed by atoms with van der Waals surface area (Å²) in [7, 11) is 0. The third-order valence-electron chi connectivity index (χ3n) is 3.99. The minimum atomic E-state index is 0.182. The Bertz CT molecular complexity index is 649. The van der Waals surface area contributed by atoms with Crippen molar-refractivity contribution < 1.29 is 9.47 Å². The summed E-state index contributed by atoms with van der Waals surface area (Å²) in [6, 6.07) is 13.6. The summed E-state index contributed by atoms with van der Waals surface area (Å²) in [5, 5.41) is 3.93. The second-order valence-corrected chi connectivity index (χ2v) is 6.59. The molecule has 4 heteroatoms. The average molecular weight is 332 g/mol. The van der Waals surface area contributed by atoms with E-state index in [9.17, 15) is 0 Å². The van der Waals surface area contributed by atoms with Crippen LogP contribution in [0.1, 0.15) is 31.7 Å². The molecule has 3 rings (SSSR count). The van der Waals surface area contributed by atoms with Gasteiger partial charge >= 0.3 is 0 Å². The number of rotatable bonds is 5. The van der Waals surface area contributed by atoms with Gasteiger partial charge in [0, 0.05) is 17.6 Å². The van der Waals surface area contributed by atoms with E-state index in [1.165, 1.54) is 5.56 Å². The van der Waals surface area contributed by atoms with Crippen molar-refractivity contribution in [3.8, 4) is 17.2 Å². The molecule has 0 bridgehead atoms. The van der Waals surface area contributed by atoms with E-state index in [1.807, 2.05) is 24.3 Å². The molecule has 1 aliphatic rings. The zero-order valence-corrected chi connectivity index (χ0v) is 14.3. The van der Waals surface area contributed by atoms with Gasteiger partial charge in [0.1, 0.15) is 11.9 Å². The fourth-order valence-corrected chi connectivity index (χ4v) is 2.78. The lowest BCUT2D eigenvalue weighted by Crippen LogP contribution is -2.19. The Balaban J connectivity index is 1.78. The van der Waals surface area contributed by atoms with Crippen molar-refractivity contribution >= 4 is 11.6 Å². The molecule has 1 fully saturated rings. The molecule has 0 aromatic heterocycles. The lowest BCUT2D eigenvalue weighted by molar-refractivity contribution is 0.215. The van der Waals surface area contributed by atoms with E-state index in [4.69, 9.17) is 21.1 Å². The second kappa shape index (κ2) is 7.24. The molecule has 1 saturated heterocycles. The molecule has 0 amide bonds. The number of halogens is 1. The Morgan fingerprint density at radius 3 is 2.52 bits per heavy atom. The molecule has 1 heterocycles. The molecule has 2 aromatic carbocycles. The third-order valence-corrected chi connectivity index (χ3v) is 4.22. The summed E-state index contributed by atoms with van der Waals surface area (Å²) < 4.78 is 12.1. The first-order valence-corrected chi connectivity index (χ1v) is 8.44. The molecule has 1 atom stereocenters. The van der Waals surface area contributed by atoms with Crippen LogP contribution in [0.25, 0.3) is 0 Å². The second-order valence-electron chi connectivity index (χ2n) is 6.15. The minimum absolute atomic E-state index is 0.182.